The number of hydrogen-bond acceptors (Lipinski definition) is 3. The van der Waals surface area contributed by atoms with E-state index >= 15 is 0 Å². The van der Waals surface area contributed by atoms with E-state index in [1.165, 1.54) is 0 Å². The number of rotatable bonds is 5. The quantitative estimate of drug-likeness (QED) is 0.566. The summed E-state index contributed by atoms with van der Waals surface area (Å²) in [6.45, 7) is 2.67. The predicted octanol–water partition coefficient (Wildman–Crippen LogP) is 6.12. The standard InChI is InChI=1S/C21H22Cl2F3N3O/c1-12-19(9-15(22)11-27-12)28-10-13-2-5-16(6-3-13)29-20(30)17-8-14(21(24,25)26)4-7-18(17)23/h4,7-9,11,13,16,28H,2-3,5-6,10H2,1H3,(H,29,30). The fourth-order valence-corrected chi connectivity index (χ4v) is 3.95. The highest BCUT2D eigenvalue weighted by molar-refractivity contribution is 6.33. The van der Waals surface area contributed by atoms with Crippen LogP contribution < -0.4 is 10.6 Å². The number of alkyl halides is 3. The van der Waals surface area contributed by atoms with Gasteiger partial charge in [0.2, 0.25) is 0 Å². The first-order valence-electron chi connectivity index (χ1n) is 9.67. The lowest BCUT2D eigenvalue weighted by Gasteiger charge is -2.29. The van der Waals surface area contributed by atoms with Gasteiger partial charge in [0.05, 0.1) is 32.6 Å². The summed E-state index contributed by atoms with van der Waals surface area (Å²) in [7, 11) is 0. The number of aryl methyl sites for hydroxylation is 1. The van der Waals surface area contributed by atoms with Crippen LogP contribution >= 0.6 is 23.2 Å². The summed E-state index contributed by atoms with van der Waals surface area (Å²) in [5.74, 6) is -0.151. The van der Waals surface area contributed by atoms with Crippen molar-refractivity contribution in [3.05, 3.63) is 57.3 Å². The van der Waals surface area contributed by atoms with Crippen LogP contribution in [-0.2, 0) is 6.18 Å². The van der Waals surface area contributed by atoms with Crippen LogP contribution in [0.3, 0.4) is 0 Å². The average Bonchev–Trinajstić information content (AvgIpc) is 2.69. The number of carbonyl (C=O) groups excluding carboxylic acids is 1. The third kappa shape index (κ3) is 5.79. The Hall–Kier alpha value is -1.99. The normalized spacial score (nSPS) is 19.4. The Morgan fingerprint density at radius 2 is 1.87 bits per heavy atom. The van der Waals surface area contributed by atoms with E-state index in [1.807, 2.05) is 13.0 Å². The largest absolute Gasteiger partial charge is 0.416 e. The van der Waals surface area contributed by atoms with Gasteiger partial charge < -0.3 is 10.6 Å². The molecule has 1 aliphatic carbocycles. The van der Waals surface area contributed by atoms with Crippen LogP contribution in [0.2, 0.25) is 10.0 Å². The van der Waals surface area contributed by atoms with Gasteiger partial charge in [-0.2, -0.15) is 13.2 Å². The molecule has 4 nitrogen and oxygen atoms in total. The fourth-order valence-electron chi connectivity index (χ4n) is 3.59. The molecule has 1 fully saturated rings. The lowest BCUT2D eigenvalue weighted by Crippen LogP contribution is -2.38. The summed E-state index contributed by atoms with van der Waals surface area (Å²) in [6, 6.07) is 4.53. The van der Waals surface area contributed by atoms with E-state index in [1.54, 1.807) is 6.20 Å². The Morgan fingerprint density at radius 1 is 1.17 bits per heavy atom. The molecule has 0 radical (unpaired) electrons. The van der Waals surface area contributed by atoms with Crippen molar-refractivity contribution in [2.45, 2.75) is 44.8 Å². The third-order valence-corrected chi connectivity index (χ3v) is 5.89. The first kappa shape index (κ1) is 22.7. The number of nitrogens with one attached hydrogen (secondary N) is 2. The minimum absolute atomic E-state index is 0.00360. The number of hydrogen-bond donors (Lipinski definition) is 2. The van der Waals surface area contributed by atoms with Crippen molar-refractivity contribution >= 4 is 34.8 Å². The predicted molar refractivity (Wildman–Crippen MR) is 112 cm³/mol. The summed E-state index contributed by atoms with van der Waals surface area (Å²) in [5.41, 5.74) is 0.729. The Balaban J connectivity index is 1.52. The van der Waals surface area contributed by atoms with Gasteiger partial charge in [-0.15, -0.1) is 0 Å². The van der Waals surface area contributed by atoms with Crippen molar-refractivity contribution in [1.82, 2.24) is 10.3 Å². The van der Waals surface area contributed by atoms with Crippen molar-refractivity contribution in [1.29, 1.82) is 0 Å². The average molecular weight is 460 g/mol. The zero-order valence-electron chi connectivity index (χ0n) is 16.3. The molecule has 0 atom stereocenters. The maximum Gasteiger partial charge on any atom is 0.416 e. The molecule has 1 heterocycles. The lowest BCUT2D eigenvalue weighted by atomic mass is 9.86. The van der Waals surface area contributed by atoms with E-state index in [9.17, 15) is 18.0 Å². The van der Waals surface area contributed by atoms with E-state index < -0.39 is 17.6 Å². The maximum atomic E-state index is 12.9. The SMILES string of the molecule is Cc1ncc(Cl)cc1NCC1CCC(NC(=O)c2cc(C(F)(F)F)ccc2Cl)CC1. The van der Waals surface area contributed by atoms with Gasteiger partial charge in [-0.3, -0.25) is 9.78 Å². The Kier molecular flexibility index (Phi) is 7.14. The van der Waals surface area contributed by atoms with Crippen molar-refractivity contribution < 1.29 is 18.0 Å². The highest BCUT2D eigenvalue weighted by atomic mass is 35.5. The van der Waals surface area contributed by atoms with Crippen molar-refractivity contribution in [3.8, 4) is 0 Å². The maximum absolute atomic E-state index is 12.9. The van der Waals surface area contributed by atoms with Gasteiger partial charge in [-0.1, -0.05) is 23.2 Å². The molecule has 2 N–H and O–H groups in total. The zero-order valence-corrected chi connectivity index (χ0v) is 17.8. The number of benzene rings is 1. The minimum Gasteiger partial charge on any atom is -0.383 e. The molecular formula is C21H22Cl2F3N3O. The minimum atomic E-state index is -4.53. The third-order valence-electron chi connectivity index (χ3n) is 5.36. The molecule has 2 aromatic rings. The van der Waals surface area contributed by atoms with Crippen molar-refractivity contribution in [3.63, 3.8) is 0 Å². The molecular weight excluding hydrogens is 438 g/mol. The van der Waals surface area contributed by atoms with Crippen LogP contribution in [0, 0.1) is 12.8 Å². The smallest absolute Gasteiger partial charge is 0.383 e. The monoisotopic (exact) mass is 459 g/mol. The second-order valence-electron chi connectivity index (χ2n) is 7.55. The molecule has 1 saturated carbocycles. The van der Waals surface area contributed by atoms with Crippen LogP contribution in [0.4, 0.5) is 18.9 Å². The zero-order chi connectivity index (χ0) is 21.9. The van der Waals surface area contributed by atoms with Gasteiger partial charge in [0, 0.05) is 18.8 Å². The van der Waals surface area contributed by atoms with Gasteiger partial charge in [0.15, 0.2) is 0 Å². The number of pyridine rings is 1. The summed E-state index contributed by atoms with van der Waals surface area (Å²) >= 11 is 11.9. The number of amides is 1. The van der Waals surface area contributed by atoms with Gasteiger partial charge in [-0.05, 0) is 62.8 Å². The summed E-state index contributed by atoms with van der Waals surface area (Å²) in [4.78, 5) is 16.7. The first-order chi connectivity index (χ1) is 14.1. The van der Waals surface area contributed by atoms with Gasteiger partial charge in [-0.25, -0.2) is 0 Å². The summed E-state index contributed by atoms with van der Waals surface area (Å²) in [6.07, 6.45) is 0.361. The van der Waals surface area contributed by atoms with Crippen LogP contribution in [0.25, 0.3) is 0 Å². The molecule has 162 valence electrons. The van der Waals surface area contributed by atoms with E-state index in [0.717, 1.165) is 61.8 Å². The molecule has 30 heavy (non-hydrogen) atoms. The van der Waals surface area contributed by atoms with Crippen LogP contribution in [0.5, 0.6) is 0 Å². The molecule has 0 saturated heterocycles. The topological polar surface area (TPSA) is 54.0 Å². The number of aromatic nitrogens is 1. The van der Waals surface area contributed by atoms with E-state index in [4.69, 9.17) is 23.2 Å². The fraction of sp³-hybridized carbons (Fsp3) is 0.429. The number of halogens is 5. The molecule has 0 bridgehead atoms. The number of nitrogens with zero attached hydrogens (tertiary/aromatic N) is 1. The molecule has 1 aliphatic rings. The molecule has 1 aromatic heterocycles. The molecule has 1 amide bonds. The number of anilines is 1. The summed E-state index contributed by atoms with van der Waals surface area (Å²) < 4.78 is 38.7. The van der Waals surface area contributed by atoms with E-state index in [0.29, 0.717) is 10.9 Å². The highest BCUT2D eigenvalue weighted by Gasteiger charge is 2.32. The van der Waals surface area contributed by atoms with E-state index in [-0.39, 0.29) is 16.6 Å². The van der Waals surface area contributed by atoms with Gasteiger partial charge in [0.25, 0.3) is 5.91 Å². The number of carbonyl (C=O) groups is 1. The van der Waals surface area contributed by atoms with Crippen LogP contribution in [0.1, 0.15) is 47.3 Å². The second kappa shape index (κ2) is 9.43. The molecule has 9 heteroatoms. The highest BCUT2D eigenvalue weighted by Crippen LogP contribution is 2.32. The van der Waals surface area contributed by atoms with E-state index in [2.05, 4.69) is 15.6 Å². The second-order valence-corrected chi connectivity index (χ2v) is 8.39. The molecule has 0 unspecified atom stereocenters. The van der Waals surface area contributed by atoms with Crippen LogP contribution in [-0.4, -0.2) is 23.5 Å². The van der Waals surface area contributed by atoms with Crippen LogP contribution in [0.15, 0.2) is 30.5 Å². The Morgan fingerprint density at radius 3 is 2.53 bits per heavy atom. The van der Waals surface area contributed by atoms with Crippen molar-refractivity contribution in [2.24, 2.45) is 5.92 Å². The molecule has 1 aromatic carbocycles. The van der Waals surface area contributed by atoms with Crippen molar-refractivity contribution in [2.75, 3.05) is 11.9 Å². The van der Waals surface area contributed by atoms with Gasteiger partial charge in [0.1, 0.15) is 0 Å². The van der Waals surface area contributed by atoms with Gasteiger partial charge >= 0.3 is 6.18 Å². The molecule has 0 spiro atoms. The molecule has 3 rings (SSSR count). The first-order valence-corrected chi connectivity index (χ1v) is 10.4. The Bertz CT molecular complexity index is 913. The lowest BCUT2D eigenvalue weighted by molar-refractivity contribution is -0.137. The molecule has 0 aliphatic heterocycles. The Labute approximate surface area is 183 Å². The summed E-state index contributed by atoms with van der Waals surface area (Å²) in [5, 5.41) is 6.78.